The molecule has 0 aromatic carbocycles. The number of ether oxygens (including phenoxy) is 4. The second kappa shape index (κ2) is 74.9. The van der Waals surface area contributed by atoms with Gasteiger partial charge in [-0.25, -0.2) is 9.13 Å². The van der Waals surface area contributed by atoms with Gasteiger partial charge in [0.15, 0.2) is 0 Å². The van der Waals surface area contributed by atoms with Crippen LogP contribution in [0, 0.1) is 0 Å². The van der Waals surface area contributed by atoms with E-state index >= 15 is 0 Å². The molecule has 0 aliphatic carbocycles. The molecule has 0 aliphatic heterocycles. The molecule has 0 radical (unpaired) electrons. The Morgan fingerprint density at radius 1 is 0.333 bits per heavy atom. The third-order valence-electron chi connectivity index (χ3n) is 16.5. The van der Waals surface area contributed by atoms with Gasteiger partial charge in [0.2, 0.25) is 0 Å². The topological polar surface area (TPSA) is 237 Å². The molecule has 2 unspecified atom stereocenters. The van der Waals surface area contributed by atoms with Gasteiger partial charge in [-0.05, 0) is 154 Å². The van der Waals surface area contributed by atoms with Crippen LogP contribution in [0.1, 0.15) is 328 Å². The SMILES string of the molecule is CCCCC/C=C\C/C=C\CCCCCCCC(=O)O[C@H](COCCCCCCC/C=C\CCCCCCC=O)COP(=O)(O)OC[C@H](O)COP(=O)(O)OC[C@@H](COCCCCCCCCC/C=C\CCCCCCC=O)OCCCCCCC/C=C\CCCCCCC=O. The van der Waals surface area contributed by atoms with Crippen LogP contribution in [0.3, 0.4) is 0 Å². The molecule has 560 valence electrons. The Balaban J connectivity index is 5.13. The summed E-state index contributed by atoms with van der Waals surface area (Å²) in [5, 5.41) is 10.6. The molecule has 0 aromatic heterocycles. The van der Waals surface area contributed by atoms with Gasteiger partial charge >= 0.3 is 21.6 Å². The second-order valence-corrected chi connectivity index (χ2v) is 28.7. The molecule has 0 saturated carbocycles. The largest absolute Gasteiger partial charge is 0.472 e. The van der Waals surface area contributed by atoms with E-state index in [1.54, 1.807) is 0 Å². The molecule has 0 aliphatic rings. The lowest BCUT2D eigenvalue weighted by atomic mass is 10.1. The molecular weight excluding hydrogens is 1260 g/mol. The van der Waals surface area contributed by atoms with Crippen molar-refractivity contribution in [2.75, 3.05) is 59.5 Å². The molecule has 0 amide bonds. The molecule has 0 spiro atoms. The summed E-state index contributed by atoms with van der Waals surface area (Å²) in [6.07, 6.45) is 73.7. The monoisotopic (exact) mass is 1400 g/mol. The number of allylic oxidation sites excluding steroid dienone is 10. The smallest absolute Gasteiger partial charge is 0.457 e. The number of aldehydes is 3. The molecule has 0 bridgehead atoms. The first-order chi connectivity index (χ1) is 47.0. The Kier molecular flexibility index (Phi) is 72.8. The maximum atomic E-state index is 13.1. The van der Waals surface area contributed by atoms with Gasteiger partial charge in [-0.2, -0.15) is 0 Å². The number of hydrogen-bond acceptors (Lipinski definition) is 15. The highest BCUT2D eigenvalue weighted by molar-refractivity contribution is 7.47. The van der Waals surface area contributed by atoms with Crippen LogP contribution in [0.25, 0.3) is 0 Å². The van der Waals surface area contributed by atoms with Gasteiger partial charge in [0.25, 0.3) is 0 Å². The standard InChI is InChI=1S/C77H140O17P2/c1-2-3-4-5-6-7-8-9-12-19-26-33-40-47-54-61-77(82)94-76(71-88-66-59-52-45-38-31-24-17-14-21-28-35-42-49-56-63-79)73-93-96(85,86)91-69-74(81)68-90-95(83,84)92-72-75(89-67-60-53-46-39-32-25-18-15-22-29-36-43-50-57-64-80)70-87-65-58-51-44-37-30-23-16-11-10-13-20-27-34-41-48-55-62-78/h6-7,9-10,12-15,17-18,62-64,74-76,81H,2-5,8,11,16,19-61,65-73H2,1H3,(H,83,84)(H,85,86)/b7-6-,12-9-,13-10-,17-14-,18-15-/t74-,75-,76-/m1/s1. The third kappa shape index (κ3) is 73.9. The number of hydrogen-bond donors (Lipinski definition) is 3. The van der Waals surface area contributed by atoms with Crippen molar-refractivity contribution in [2.45, 2.75) is 346 Å². The molecule has 0 aromatic rings. The highest BCUT2D eigenvalue weighted by Crippen LogP contribution is 2.45. The molecule has 5 atom stereocenters. The number of phosphoric acid groups is 2. The van der Waals surface area contributed by atoms with E-state index in [2.05, 4.69) is 67.7 Å². The van der Waals surface area contributed by atoms with Gasteiger partial charge in [-0.3, -0.25) is 22.9 Å². The average Bonchev–Trinajstić information content (AvgIpc) is 3.03. The van der Waals surface area contributed by atoms with Crippen molar-refractivity contribution in [3.8, 4) is 0 Å². The summed E-state index contributed by atoms with van der Waals surface area (Å²) in [6, 6.07) is 0. The van der Waals surface area contributed by atoms with Gasteiger partial charge in [0.05, 0.1) is 39.6 Å². The highest BCUT2D eigenvalue weighted by atomic mass is 31.2. The van der Waals surface area contributed by atoms with Crippen molar-refractivity contribution >= 4 is 40.5 Å². The van der Waals surface area contributed by atoms with E-state index in [9.17, 15) is 43.2 Å². The molecule has 3 N–H and O–H groups in total. The van der Waals surface area contributed by atoms with Crippen molar-refractivity contribution in [3.63, 3.8) is 0 Å². The van der Waals surface area contributed by atoms with E-state index in [4.69, 9.17) is 37.0 Å². The van der Waals surface area contributed by atoms with Crippen molar-refractivity contribution in [2.24, 2.45) is 0 Å². The van der Waals surface area contributed by atoms with Crippen LogP contribution in [0.5, 0.6) is 0 Å². The summed E-state index contributed by atoms with van der Waals surface area (Å²) in [7, 11) is -9.57. The Bertz CT molecular complexity index is 1960. The zero-order valence-corrected chi connectivity index (χ0v) is 62.2. The van der Waals surface area contributed by atoms with Crippen LogP contribution in [0.15, 0.2) is 60.8 Å². The summed E-state index contributed by atoms with van der Waals surface area (Å²) in [4.78, 5) is 65.7. The fraction of sp³-hybridized carbons (Fsp3) is 0.818. The van der Waals surface area contributed by atoms with Crippen LogP contribution in [-0.2, 0) is 65.4 Å². The predicted octanol–water partition coefficient (Wildman–Crippen LogP) is 20.8. The predicted molar refractivity (Wildman–Crippen MR) is 391 cm³/mol. The quantitative estimate of drug-likeness (QED) is 0.0169. The van der Waals surface area contributed by atoms with E-state index in [1.807, 2.05) is 0 Å². The molecule has 96 heavy (non-hydrogen) atoms. The van der Waals surface area contributed by atoms with E-state index in [0.29, 0.717) is 45.5 Å². The van der Waals surface area contributed by atoms with E-state index in [1.165, 1.54) is 57.8 Å². The van der Waals surface area contributed by atoms with Crippen LogP contribution < -0.4 is 0 Å². The Morgan fingerprint density at radius 2 is 0.615 bits per heavy atom. The van der Waals surface area contributed by atoms with E-state index in [0.717, 1.165) is 250 Å². The van der Waals surface area contributed by atoms with Gasteiger partial charge < -0.3 is 48.2 Å². The van der Waals surface area contributed by atoms with Crippen LogP contribution in [0.2, 0.25) is 0 Å². The Labute approximate surface area is 584 Å². The van der Waals surface area contributed by atoms with Crippen LogP contribution in [-0.4, -0.2) is 117 Å². The van der Waals surface area contributed by atoms with Crippen LogP contribution >= 0.6 is 15.6 Å². The summed E-state index contributed by atoms with van der Waals surface area (Å²) >= 11 is 0. The summed E-state index contributed by atoms with van der Waals surface area (Å²) in [6.45, 7) is 1.29. The normalized spacial score (nSPS) is 14.4. The first-order valence-corrected chi connectivity index (χ1v) is 41.4. The minimum absolute atomic E-state index is 0.0596. The molecule has 19 heteroatoms. The lowest BCUT2D eigenvalue weighted by Gasteiger charge is -2.21. The fourth-order valence-corrected chi connectivity index (χ4v) is 12.2. The van der Waals surface area contributed by atoms with Gasteiger partial charge in [-0.15, -0.1) is 0 Å². The van der Waals surface area contributed by atoms with E-state index in [-0.39, 0.29) is 26.2 Å². The Hall–Kier alpha value is -2.76. The number of carbonyl (C=O) groups excluding carboxylic acids is 4. The molecular formula is C77H140O17P2. The van der Waals surface area contributed by atoms with Crippen molar-refractivity contribution < 1.29 is 80.2 Å². The first-order valence-electron chi connectivity index (χ1n) is 38.4. The maximum Gasteiger partial charge on any atom is 0.472 e. The number of phosphoric ester groups is 2. The molecule has 0 rings (SSSR count). The van der Waals surface area contributed by atoms with Crippen molar-refractivity contribution in [1.29, 1.82) is 0 Å². The molecule has 0 saturated heterocycles. The van der Waals surface area contributed by atoms with E-state index < -0.39 is 59.7 Å². The van der Waals surface area contributed by atoms with Crippen molar-refractivity contribution in [1.82, 2.24) is 0 Å². The minimum atomic E-state index is -4.83. The summed E-state index contributed by atoms with van der Waals surface area (Å²) < 4.78 is 70.5. The maximum absolute atomic E-state index is 13.1. The third-order valence-corrected chi connectivity index (χ3v) is 18.4. The number of rotatable bonds is 79. The number of unbranched alkanes of at least 4 members (excludes halogenated alkanes) is 40. The first kappa shape index (κ1) is 93.2. The number of esters is 1. The number of carbonyl (C=O) groups is 4. The molecule has 17 nitrogen and oxygen atoms in total. The Morgan fingerprint density at radius 3 is 0.979 bits per heavy atom. The average molecular weight is 1400 g/mol. The fourth-order valence-electron chi connectivity index (χ4n) is 10.6. The lowest BCUT2D eigenvalue weighted by Crippen LogP contribution is -2.29. The number of aliphatic hydroxyl groups excluding tert-OH is 1. The molecule has 0 heterocycles. The minimum Gasteiger partial charge on any atom is -0.457 e. The zero-order valence-electron chi connectivity index (χ0n) is 60.4. The zero-order chi connectivity index (χ0) is 69.9. The van der Waals surface area contributed by atoms with Gasteiger partial charge in [0, 0.05) is 45.5 Å². The number of aliphatic hydroxyl groups is 1. The summed E-state index contributed by atoms with van der Waals surface area (Å²) in [5.74, 6) is -0.466. The molecule has 0 fully saturated rings. The highest BCUT2D eigenvalue weighted by Gasteiger charge is 2.29. The van der Waals surface area contributed by atoms with Crippen LogP contribution in [0.4, 0.5) is 0 Å². The summed E-state index contributed by atoms with van der Waals surface area (Å²) in [5.41, 5.74) is 0. The second-order valence-electron chi connectivity index (χ2n) is 25.8. The van der Waals surface area contributed by atoms with Crippen molar-refractivity contribution in [3.05, 3.63) is 60.8 Å². The van der Waals surface area contributed by atoms with Gasteiger partial charge in [0.1, 0.15) is 37.2 Å². The lowest BCUT2D eigenvalue weighted by molar-refractivity contribution is -0.154. The van der Waals surface area contributed by atoms with Gasteiger partial charge in [-0.1, -0.05) is 209 Å².